The molecule has 12 nitrogen and oxygen atoms in total. The standard InChI is InChI=1S/C12H14N2O10/c15-7(13(3-9(17)18)4-10(19)20)1-2-8(16)14(5-11(21)22)6-12(23)24/h1-2H,3-6H2,(H,17,18)(H,19,20)(H,21,22)(H,23,24)/b2-1+. The van der Waals surface area contributed by atoms with E-state index in [0.29, 0.717) is 22.0 Å². The molecule has 12 heteroatoms. The number of hydrogen-bond donors (Lipinski definition) is 4. The van der Waals surface area contributed by atoms with E-state index in [1.807, 2.05) is 0 Å². The van der Waals surface area contributed by atoms with E-state index in [1.165, 1.54) is 0 Å². The molecule has 0 spiro atoms. The molecule has 24 heavy (non-hydrogen) atoms. The van der Waals surface area contributed by atoms with Crippen molar-refractivity contribution in [2.24, 2.45) is 0 Å². The third-order valence-electron chi connectivity index (χ3n) is 2.30. The Morgan fingerprint density at radius 1 is 0.542 bits per heavy atom. The lowest BCUT2D eigenvalue weighted by Gasteiger charge is -2.17. The van der Waals surface area contributed by atoms with Gasteiger partial charge in [0.1, 0.15) is 26.2 Å². The van der Waals surface area contributed by atoms with Crippen molar-refractivity contribution < 1.29 is 49.2 Å². The van der Waals surface area contributed by atoms with Gasteiger partial charge in [0.05, 0.1) is 0 Å². The quantitative estimate of drug-likeness (QED) is 0.308. The van der Waals surface area contributed by atoms with Gasteiger partial charge in [-0.3, -0.25) is 28.8 Å². The Morgan fingerprint density at radius 2 is 0.750 bits per heavy atom. The Morgan fingerprint density at radius 3 is 0.917 bits per heavy atom. The van der Waals surface area contributed by atoms with E-state index < -0.39 is 61.9 Å². The summed E-state index contributed by atoms with van der Waals surface area (Å²) in [6, 6.07) is 0. The maximum absolute atomic E-state index is 11.7. The first-order valence-corrected chi connectivity index (χ1v) is 6.16. The summed E-state index contributed by atoms with van der Waals surface area (Å²) in [7, 11) is 0. The molecule has 0 heterocycles. The van der Waals surface area contributed by atoms with Crippen molar-refractivity contribution >= 4 is 35.7 Å². The number of nitrogens with zero attached hydrogens (tertiary/aromatic N) is 2. The van der Waals surface area contributed by atoms with Crippen molar-refractivity contribution in [2.45, 2.75) is 0 Å². The molecule has 0 unspecified atom stereocenters. The van der Waals surface area contributed by atoms with Gasteiger partial charge in [0.25, 0.3) is 0 Å². The summed E-state index contributed by atoms with van der Waals surface area (Å²) in [5, 5.41) is 34.4. The molecular weight excluding hydrogens is 332 g/mol. The second-order valence-corrected chi connectivity index (χ2v) is 4.30. The second-order valence-electron chi connectivity index (χ2n) is 4.30. The minimum absolute atomic E-state index is 0.410. The highest BCUT2D eigenvalue weighted by molar-refractivity contribution is 5.99. The number of carboxylic acid groups (broad SMARTS) is 4. The Kier molecular flexibility index (Phi) is 8.18. The van der Waals surface area contributed by atoms with E-state index in [0.717, 1.165) is 0 Å². The molecule has 0 fully saturated rings. The number of carboxylic acids is 4. The van der Waals surface area contributed by atoms with Crippen molar-refractivity contribution in [1.82, 2.24) is 9.80 Å². The average Bonchev–Trinajstić information content (AvgIpc) is 2.40. The van der Waals surface area contributed by atoms with Gasteiger partial charge < -0.3 is 30.2 Å². The lowest BCUT2D eigenvalue weighted by atomic mass is 10.3. The fourth-order valence-electron chi connectivity index (χ4n) is 1.43. The van der Waals surface area contributed by atoms with E-state index in [9.17, 15) is 28.8 Å². The van der Waals surface area contributed by atoms with Gasteiger partial charge in [-0.1, -0.05) is 0 Å². The summed E-state index contributed by atoms with van der Waals surface area (Å²) in [6.45, 7) is -3.73. The van der Waals surface area contributed by atoms with Crippen LogP contribution in [0.3, 0.4) is 0 Å². The minimum atomic E-state index is -1.48. The Hall–Kier alpha value is -3.44. The first kappa shape index (κ1) is 20.6. The summed E-state index contributed by atoms with van der Waals surface area (Å²) in [4.78, 5) is 66.5. The van der Waals surface area contributed by atoms with Crippen molar-refractivity contribution in [2.75, 3.05) is 26.2 Å². The average molecular weight is 346 g/mol. The molecular formula is C12H14N2O10. The van der Waals surface area contributed by atoms with Gasteiger partial charge in [-0.05, 0) is 0 Å². The molecule has 2 amide bonds. The molecule has 0 aromatic heterocycles. The third kappa shape index (κ3) is 8.76. The van der Waals surface area contributed by atoms with Crippen molar-refractivity contribution in [1.29, 1.82) is 0 Å². The van der Waals surface area contributed by atoms with Gasteiger partial charge in [-0.2, -0.15) is 0 Å². The summed E-state index contributed by atoms with van der Waals surface area (Å²) >= 11 is 0. The monoisotopic (exact) mass is 346 g/mol. The number of carbonyl (C=O) groups is 6. The Labute approximate surface area is 134 Å². The summed E-state index contributed by atoms with van der Waals surface area (Å²) in [6.07, 6.45) is 1.07. The van der Waals surface area contributed by atoms with Gasteiger partial charge in [-0.25, -0.2) is 0 Å². The van der Waals surface area contributed by atoms with Crippen LogP contribution < -0.4 is 0 Å². The maximum Gasteiger partial charge on any atom is 0.323 e. The predicted octanol–water partition coefficient (Wildman–Crippen LogP) is -2.46. The molecule has 0 radical (unpaired) electrons. The van der Waals surface area contributed by atoms with Crippen LogP contribution in [-0.2, 0) is 28.8 Å². The Bertz CT molecular complexity index is 500. The second kappa shape index (κ2) is 9.55. The van der Waals surface area contributed by atoms with Crippen LogP contribution >= 0.6 is 0 Å². The zero-order chi connectivity index (χ0) is 18.9. The van der Waals surface area contributed by atoms with Crippen LogP contribution in [0.25, 0.3) is 0 Å². The van der Waals surface area contributed by atoms with Crippen molar-refractivity contribution in [3.05, 3.63) is 12.2 Å². The van der Waals surface area contributed by atoms with Crippen LogP contribution in [-0.4, -0.2) is 92.1 Å². The fraction of sp³-hybridized carbons (Fsp3) is 0.333. The molecule has 132 valence electrons. The number of aliphatic carboxylic acids is 4. The Balaban J connectivity index is 5.07. The van der Waals surface area contributed by atoms with E-state index in [-0.39, 0.29) is 0 Å². The highest BCUT2D eigenvalue weighted by Gasteiger charge is 2.20. The number of carbonyl (C=O) groups excluding carboxylic acids is 2. The maximum atomic E-state index is 11.7. The number of hydrogen-bond acceptors (Lipinski definition) is 6. The summed E-state index contributed by atoms with van der Waals surface area (Å²) in [5.41, 5.74) is 0. The molecule has 4 N–H and O–H groups in total. The van der Waals surface area contributed by atoms with Gasteiger partial charge in [0, 0.05) is 12.2 Å². The smallest absolute Gasteiger partial charge is 0.323 e. The van der Waals surface area contributed by atoms with Crippen molar-refractivity contribution in [3.63, 3.8) is 0 Å². The van der Waals surface area contributed by atoms with Crippen LogP contribution in [0.15, 0.2) is 12.2 Å². The SMILES string of the molecule is O=C(O)CN(CC(=O)O)C(=O)/C=C/C(=O)N(CC(=O)O)CC(=O)O. The highest BCUT2D eigenvalue weighted by Crippen LogP contribution is 1.96. The molecule has 0 aliphatic rings. The molecule has 0 saturated heterocycles. The van der Waals surface area contributed by atoms with Crippen LogP contribution in [0.5, 0.6) is 0 Å². The largest absolute Gasteiger partial charge is 0.480 e. The van der Waals surface area contributed by atoms with Gasteiger partial charge in [0.2, 0.25) is 11.8 Å². The molecule has 0 aromatic rings. The zero-order valence-electron chi connectivity index (χ0n) is 12.1. The highest BCUT2D eigenvalue weighted by atomic mass is 16.4. The molecule has 0 bridgehead atoms. The first-order valence-electron chi connectivity index (χ1n) is 6.16. The zero-order valence-corrected chi connectivity index (χ0v) is 12.1. The van der Waals surface area contributed by atoms with E-state index in [2.05, 4.69) is 0 Å². The van der Waals surface area contributed by atoms with Crippen LogP contribution in [0, 0.1) is 0 Å². The molecule has 0 atom stereocenters. The van der Waals surface area contributed by atoms with E-state index in [4.69, 9.17) is 20.4 Å². The number of amides is 2. The third-order valence-corrected chi connectivity index (χ3v) is 2.30. The lowest BCUT2D eigenvalue weighted by Crippen LogP contribution is -2.40. The topological polar surface area (TPSA) is 190 Å². The molecule has 0 aromatic carbocycles. The fourth-order valence-corrected chi connectivity index (χ4v) is 1.43. The molecule has 0 saturated carbocycles. The van der Waals surface area contributed by atoms with Crippen LogP contribution in [0.2, 0.25) is 0 Å². The number of rotatable bonds is 10. The van der Waals surface area contributed by atoms with Crippen LogP contribution in [0.1, 0.15) is 0 Å². The van der Waals surface area contributed by atoms with Crippen LogP contribution in [0.4, 0.5) is 0 Å². The summed E-state index contributed by atoms with van der Waals surface area (Å²) in [5.74, 6) is -8.19. The van der Waals surface area contributed by atoms with E-state index in [1.54, 1.807) is 0 Å². The predicted molar refractivity (Wildman–Crippen MR) is 72.8 cm³/mol. The minimum Gasteiger partial charge on any atom is -0.480 e. The van der Waals surface area contributed by atoms with E-state index >= 15 is 0 Å². The lowest BCUT2D eigenvalue weighted by molar-refractivity contribution is -0.148. The van der Waals surface area contributed by atoms with Gasteiger partial charge >= 0.3 is 23.9 Å². The van der Waals surface area contributed by atoms with Gasteiger partial charge in [0.15, 0.2) is 0 Å². The van der Waals surface area contributed by atoms with Gasteiger partial charge in [-0.15, -0.1) is 0 Å². The molecule has 0 aliphatic carbocycles. The first-order chi connectivity index (χ1) is 11.0. The van der Waals surface area contributed by atoms with Crippen molar-refractivity contribution in [3.8, 4) is 0 Å². The molecule has 0 rings (SSSR count). The molecule has 0 aliphatic heterocycles. The normalized spacial score (nSPS) is 10.2. The summed E-state index contributed by atoms with van der Waals surface area (Å²) < 4.78 is 0.